The largest absolute Gasteiger partial charge is 0.290 e. The van der Waals surface area contributed by atoms with Crippen molar-refractivity contribution in [2.75, 3.05) is 0 Å². The number of amides is 2. The molecule has 0 spiro atoms. The Labute approximate surface area is 135 Å². The highest BCUT2D eigenvalue weighted by molar-refractivity contribution is 6.07. The number of pyridine rings is 1. The van der Waals surface area contributed by atoms with Crippen LogP contribution < -0.4 is 22.5 Å². The number of hydrazine groups is 2. The van der Waals surface area contributed by atoms with Gasteiger partial charge in [0.05, 0.1) is 6.20 Å². The number of nitrogens with zero attached hydrogens (tertiary/aromatic N) is 5. The van der Waals surface area contributed by atoms with E-state index in [4.69, 9.17) is 11.7 Å². The molecule has 1 aromatic rings. The van der Waals surface area contributed by atoms with E-state index in [1.54, 1.807) is 12.4 Å². The Balaban J connectivity index is 0.000000292. The summed E-state index contributed by atoms with van der Waals surface area (Å²) < 4.78 is 0. The number of rotatable bonds is 2. The van der Waals surface area contributed by atoms with Crippen molar-refractivity contribution >= 4 is 11.8 Å². The molecule has 2 aliphatic heterocycles. The number of aromatic nitrogens is 1. The van der Waals surface area contributed by atoms with Crippen molar-refractivity contribution in [2.24, 2.45) is 32.1 Å². The standard InChI is InChI=1S/C8H8N8O2.C5H5N/c9-12-7(17)4-5(3-1-2-11-14-3)15-16-6(4)8(18)13-10;1-2-4-6-5-3-1/h1-2H,9-10H2,(H,12,17)(H,13,18);1-5H. The summed E-state index contributed by atoms with van der Waals surface area (Å²) in [6.07, 6.45) is 6.43. The SMILES string of the molecule is NNC(=O)C1=C(C(=O)NN)C(=C2C=CN=N2)N=N1.c1ccncc1. The number of hydrogen-bond acceptors (Lipinski definition) is 9. The Morgan fingerprint density at radius 2 is 1.62 bits per heavy atom. The molecule has 2 amide bonds. The number of azo groups is 2. The van der Waals surface area contributed by atoms with Gasteiger partial charge in [0.15, 0.2) is 5.70 Å². The predicted octanol–water partition coefficient (Wildman–Crippen LogP) is -0.0412. The third kappa shape index (κ3) is 3.79. The zero-order valence-electron chi connectivity index (χ0n) is 12.2. The van der Waals surface area contributed by atoms with Crippen LogP contribution in [0.15, 0.2) is 86.0 Å². The molecule has 122 valence electrons. The zero-order valence-corrected chi connectivity index (χ0v) is 12.2. The molecule has 6 N–H and O–H groups in total. The van der Waals surface area contributed by atoms with Gasteiger partial charge in [0, 0.05) is 12.4 Å². The van der Waals surface area contributed by atoms with E-state index in [0.29, 0.717) is 5.70 Å². The lowest BCUT2D eigenvalue weighted by Gasteiger charge is -2.03. The smallest absolute Gasteiger partial charge is 0.286 e. The van der Waals surface area contributed by atoms with E-state index in [-0.39, 0.29) is 17.0 Å². The van der Waals surface area contributed by atoms with Gasteiger partial charge in [-0.15, -0.1) is 15.3 Å². The summed E-state index contributed by atoms with van der Waals surface area (Å²) in [7, 11) is 0. The Hall–Kier alpha value is -3.57. The first-order valence-electron chi connectivity index (χ1n) is 6.54. The fourth-order valence-corrected chi connectivity index (χ4v) is 1.68. The van der Waals surface area contributed by atoms with E-state index in [0.717, 1.165) is 0 Å². The second-order valence-electron chi connectivity index (χ2n) is 4.16. The van der Waals surface area contributed by atoms with Crippen LogP contribution in [-0.2, 0) is 9.59 Å². The zero-order chi connectivity index (χ0) is 17.4. The molecule has 0 aliphatic carbocycles. The van der Waals surface area contributed by atoms with Gasteiger partial charge in [-0.3, -0.25) is 25.4 Å². The van der Waals surface area contributed by atoms with E-state index < -0.39 is 11.8 Å². The topological polar surface area (TPSA) is 173 Å². The molecule has 0 atom stereocenters. The second kappa shape index (κ2) is 8.17. The van der Waals surface area contributed by atoms with E-state index in [1.807, 2.05) is 29.1 Å². The van der Waals surface area contributed by atoms with Gasteiger partial charge in [-0.1, -0.05) is 6.07 Å². The maximum absolute atomic E-state index is 11.6. The van der Waals surface area contributed by atoms with Crippen molar-refractivity contribution in [1.29, 1.82) is 0 Å². The van der Waals surface area contributed by atoms with Crippen molar-refractivity contribution in [1.82, 2.24) is 15.8 Å². The van der Waals surface area contributed by atoms with Crippen LogP contribution in [-0.4, -0.2) is 16.8 Å². The third-order valence-corrected chi connectivity index (χ3v) is 2.70. The van der Waals surface area contributed by atoms with Crippen molar-refractivity contribution in [3.63, 3.8) is 0 Å². The van der Waals surface area contributed by atoms with Crippen molar-refractivity contribution in [3.8, 4) is 0 Å². The third-order valence-electron chi connectivity index (χ3n) is 2.70. The highest BCUT2D eigenvalue weighted by Crippen LogP contribution is 2.30. The maximum Gasteiger partial charge on any atom is 0.286 e. The van der Waals surface area contributed by atoms with E-state index in [1.165, 1.54) is 12.3 Å². The Morgan fingerprint density at radius 3 is 2.08 bits per heavy atom. The fourth-order valence-electron chi connectivity index (χ4n) is 1.68. The summed E-state index contributed by atoms with van der Waals surface area (Å²) in [6.45, 7) is 0. The fraction of sp³-hybridized carbons (Fsp3) is 0. The number of carbonyl (C=O) groups excluding carboxylic acids is 2. The van der Waals surface area contributed by atoms with Gasteiger partial charge < -0.3 is 0 Å². The van der Waals surface area contributed by atoms with Crippen molar-refractivity contribution < 1.29 is 9.59 Å². The molecule has 0 saturated heterocycles. The molecular weight excluding hydrogens is 314 g/mol. The van der Waals surface area contributed by atoms with Gasteiger partial charge in [0.2, 0.25) is 0 Å². The molecule has 3 rings (SSSR count). The van der Waals surface area contributed by atoms with Crippen LogP contribution >= 0.6 is 0 Å². The van der Waals surface area contributed by atoms with E-state index >= 15 is 0 Å². The van der Waals surface area contributed by atoms with Gasteiger partial charge in [0.1, 0.15) is 17.0 Å². The molecule has 11 heteroatoms. The first-order valence-corrected chi connectivity index (χ1v) is 6.54. The Kier molecular flexibility index (Phi) is 5.71. The van der Waals surface area contributed by atoms with Gasteiger partial charge in [-0.05, 0) is 18.2 Å². The molecule has 24 heavy (non-hydrogen) atoms. The van der Waals surface area contributed by atoms with Crippen LogP contribution in [0.1, 0.15) is 0 Å². The lowest BCUT2D eigenvalue weighted by molar-refractivity contribution is -0.120. The Bertz CT molecular complexity index is 737. The molecule has 11 nitrogen and oxygen atoms in total. The van der Waals surface area contributed by atoms with Crippen LogP contribution in [0, 0.1) is 0 Å². The van der Waals surface area contributed by atoms with Crippen LogP contribution in [0.5, 0.6) is 0 Å². The molecule has 0 bridgehead atoms. The first-order chi connectivity index (χ1) is 11.7. The van der Waals surface area contributed by atoms with E-state index in [9.17, 15) is 9.59 Å². The summed E-state index contributed by atoms with van der Waals surface area (Å²) in [5.74, 6) is 8.54. The molecule has 2 aliphatic rings. The number of nitrogens with one attached hydrogen (secondary N) is 2. The van der Waals surface area contributed by atoms with Gasteiger partial charge in [-0.2, -0.15) is 5.11 Å². The molecule has 0 unspecified atom stereocenters. The van der Waals surface area contributed by atoms with Crippen LogP contribution in [0.25, 0.3) is 0 Å². The maximum atomic E-state index is 11.6. The molecule has 0 saturated carbocycles. The van der Waals surface area contributed by atoms with Crippen molar-refractivity contribution in [2.45, 2.75) is 0 Å². The highest BCUT2D eigenvalue weighted by atomic mass is 16.2. The second-order valence-corrected chi connectivity index (χ2v) is 4.16. The number of allylic oxidation sites excluding steroid dienone is 1. The minimum absolute atomic E-state index is 0.106. The summed E-state index contributed by atoms with van der Waals surface area (Å²) >= 11 is 0. The number of hydrogen-bond donors (Lipinski definition) is 4. The van der Waals surface area contributed by atoms with Crippen LogP contribution in [0.3, 0.4) is 0 Å². The first kappa shape index (κ1) is 16.8. The number of carbonyl (C=O) groups is 2. The van der Waals surface area contributed by atoms with Crippen molar-refractivity contribution in [3.05, 3.63) is 65.5 Å². The summed E-state index contributed by atoms with van der Waals surface area (Å²) in [5, 5.41) is 14.6. The molecular formula is C13H13N9O2. The molecule has 1 aromatic heterocycles. The molecule has 0 radical (unpaired) electrons. The summed E-state index contributed by atoms with van der Waals surface area (Å²) in [6, 6.07) is 5.72. The molecule has 0 aromatic carbocycles. The minimum atomic E-state index is -0.758. The quantitative estimate of drug-likeness (QED) is 0.338. The van der Waals surface area contributed by atoms with E-state index in [2.05, 4.69) is 25.4 Å². The average Bonchev–Trinajstić information content (AvgIpc) is 3.31. The predicted molar refractivity (Wildman–Crippen MR) is 81.8 cm³/mol. The summed E-state index contributed by atoms with van der Waals surface area (Å²) in [4.78, 5) is 26.9. The molecule has 0 fully saturated rings. The van der Waals surface area contributed by atoms with Gasteiger partial charge in [0.25, 0.3) is 11.8 Å². The number of nitrogens with two attached hydrogens (primary N) is 2. The Morgan fingerprint density at radius 1 is 0.917 bits per heavy atom. The average molecular weight is 327 g/mol. The lowest BCUT2D eigenvalue weighted by atomic mass is 10.1. The lowest BCUT2D eigenvalue weighted by Crippen LogP contribution is -2.35. The molecule has 3 heterocycles. The monoisotopic (exact) mass is 327 g/mol. The van der Waals surface area contributed by atoms with Gasteiger partial charge >= 0.3 is 0 Å². The van der Waals surface area contributed by atoms with Crippen LogP contribution in [0.4, 0.5) is 0 Å². The van der Waals surface area contributed by atoms with Crippen LogP contribution in [0.2, 0.25) is 0 Å². The summed E-state index contributed by atoms with van der Waals surface area (Å²) in [5.41, 5.74) is 3.82. The minimum Gasteiger partial charge on any atom is -0.290 e. The van der Waals surface area contributed by atoms with Gasteiger partial charge in [-0.25, -0.2) is 11.7 Å². The highest BCUT2D eigenvalue weighted by Gasteiger charge is 2.31. The normalized spacial score (nSPS) is 17.6.